The van der Waals surface area contributed by atoms with Crippen molar-refractivity contribution >= 4 is 24.9 Å². The van der Waals surface area contributed by atoms with Gasteiger partial charge in [0.1, 0.15) is 23.7 Å². The lowest BCUT2D eigenvalue weighted by atomic mass is 10.2. The Morgan fingerprint density at radius 3 is 1.38 bits per heavy atom. The number of phenols is 2. The number of benzene rings is 2. The maximum Gasteiger partial charge on any atom is 0.124 e. The first-order valence-electron chi connectivity index (χ1n) is 7.63. The van der Waals surface area contributed by atoms with Crippen LogP contribution in [0.4, 0.5) is 0 Å². The normalized spacial score (nSPS) is 14.7. The lowest BCUT2D eigenvalue weighted by molar-refractivity contribution is 0.112. The van der Waals surface area contributed by atoms with Gasteiger partial charge >= 0.3 is 0 Å². The molecule has 2 rings (SSSR count). The Morgan fingerprint density at radius 2 is 1.00 bits per heavy atom. The van der Waals surface area contributed by atoms with Crippen LogP contribution in [0.5, 0.6) is 11.5 Å². The van der Waals surface area contributed by atoms with Crippen LogP contribution in [-0.2, 0) is 0 Å². The van der Waals surface area contributed by atoms with Gasteiger partial charge in [-0.2, -0.15) is 20.4 Å². The van der Waals surface area contributed by atoms with E-state index in [2.05, 4.69) is 20.4 Å². The molecular weight excluding hydrogens is 336 g/mol. The highest BCUT2D eigenvalue weighted by Crippen LogP contribution is 2.13. The summed E-state index contributed by atoms with van der Waals surface area (Å²) in [4.78, 5) is 0. The Balaban J connectivity index is 1.86. The summed E-state index contributed by atoms with van der Waals surface area (Å²) in [5.41, 5.74) is 0.944. The lowest BCUT2D eigenvalue weighted by Gasteiger charge is -2.06. The van der Waals surface area contributed by atoms with Crippen molar-refractivity contribution in [3.63, 3.8) is 0 Å². The van der Waals surface area contributed by atoms with Gasteiger partial charge in [-0.05, 0) is 24.3 Å². The standard InChI is InChI=1S/C18H18N4O4/c23-15-7-3-1-5-13(15)9-19-21-11-17(25)18(26)12-22-20-10-14-6-2-4-8-16(14)24/h1-12,17-18,23-26H/b19-9+,20-10+,21-11+,22-12+/t17-,18-/m1/s1. The summed E-state index contributed by atoms with van der Waals surface area (Å²) in [7, 11) is 0. The molecule has 0 unspecified atom stereocenters. The molecule has 0 aliphatic carbocycles. The molecule has 0 aliphatic rings. The summed E-state index contributed by atoms with van der Waals surface area (Å²) in [6, 6.07) is 13.1. The van der Waals surface area contributed by atoms with Gasteiger partial charge in [-0.3, -0.25) is 0 Å². The van der Waals surface area contributed by atoms with Gasteiger partial charge in [-0.25, -0.2) is 0 Å². The van der Waals surface area contributed by atoms with Crippen molar-refractivity contribution in [1.82, 2.24) is 0 Å². The minimum Gasteiger partial charge on any atom is -0.507 e. The molecule has 26 heavy (non-hydrogen) atoms. The number of rotatable bonds is 7. The monoisotopic (exact) mass is 354 g/mol. The van der Waals surface area contributed by atoms with E-state index < -0.39 is 12.2 Å². The smallest absolute Gasteiger partial charge is 0.124 e. The van der Waals surface area contributed by atoms with E-state index in [0.717, 1.165) is 12.4 Å². The zero-order valence-electron chi connectivity index (χ0n) is 13.7. The molecule has 0 amide bonds. The Labute approximate surface area is 149 Å². The van der Waals surface area contributed by atoms with Crippen molar-refractivity contribution in [2.75, 3.05) is 0 Å². The van der Waals surface area contributed by atoms with Gasteiger partial charge in [0.15, 0.2) is 0 Å². The number of aliphatic hydroxyl groups excluding tert-OH is 2. The largest absolute Gasteiger partial charge is 0.507 e. The van der Waals surface area contributed by atoms with E-state index in [4.69, 9.17) is 0 Å². The Morgan fingerprint density at radius 1 is 0.615 bits per heavy atom. The lowest BCUT2D eigenvalue weighted by Crippen LogP contribution is -2.28. The van der Waals surface area contributed by atoms with Crippen LogP contribution >= 0.6 is 0 Å². The minimum absolute atomic E-state index is 0.0569. The third-order valence-electron chi connectivity index (χ3n) is 3.19. The van der Waals surface area contributed by atoms with E-state index in [-0.39, 0.29) is 11.5 Å². The molecular formula is C18H18N4O4. The summed E-state index contributed by atoms with van der Waals surface area (Å²) in [5.74, 6) is 0.114. The SMILES string of the molecule is Oc1ccccc1/C=N/N=C/[C@@H](O)[C@H](O)/C=N/N=C/c1ccccc1O. The fourth-order valence-corrected chi connectivity index (χ4v) is 1.77. The number of hydrogen-bond acceptors (Lipinski definition) is 8. The predicted molar refractivity (Wildman–Crippen MR) is 100 cm³/mol. The number of aliphatic hydroxyl groups is 2. The summed E-state index contributed by atoms with van der Waals surface area (Å²) < 4.78 is 0. The molecule has 0 saturated carbocycles. The Kier molecular flexibility index (Phi) is 7.17. The third-order valence-corrected chi connectivity index (χ3v) is 3.19. The molecule has 0 spiro atoms. The quantitative estimate of drug-likeness (QED) is 0.441. The number of aromatic hydroxyl groups is 2. The molecule has 0 saturated heterocycles. The van der Waals surface area contributed by atoms with Crippen LogP contribution in [0.2, 0.25) is 0 Å². The highest BCUT2D eigenvalue weighted by Gasteiger charge is 2.10. The Hall–Kier alpha value is -3.36. The van der Waals surface area contributed by atoms with Crippen LogP contribution in [0.3, 0.4) is 0 Å². The van der Waals surface area contributed by atoms with Crippen molar-refractivity contribution in [2.45, 2.75) is 12.2 Å². The average Bonchev–Trinajstić information content (AvgIpc) is 2.64. The fraction of sp³-hybridized carbons (Fsp3) is 0.111. The molecule has 0 heterocycles. The van der Waals surface area contributed by atoms with Crippen molar-refractivity contribution < 1.29 is 20.4 Å². The minimum atomic E-state index is -1.33. The van der Waals surface area contributed by atoms with E-state index in [9.17, 15) is 20.4 Å². The van der Waals surface area contributed by atoms with Crippen molar-refractivity contribution in [3.8, 4) is 11.5 Å². The maximum absolute atomic E-state index is 9.72. The first-order valence-corrected chi connectivity index (χ1v) is 7.63. The van der Waals surface area contributed by atoms with E-state index in [0.29, 0.717) is 11.1 Å². The van der Waals surface area contributed by atoms with Crippen molar-refractivity contribution in [2.24, 2.45) is 20.4 Å². The van der Waals surface area contributed by atoms with E-state index in [1.165, 1.54) is 24.6 Å². The van der Waals surface area contributed by atoms with Gasteiger partial charge < -0.3 is 20.4 Å². The topological polar surface area (TPSA) is 130 Å². The molecule has 2 atom stereocenters. The highest BCUT2D eigenvalue weighted by atomic mass is 16.3. The van der Waals surface area contributed by atoms with Crippen LogP contribution in [0.15, 0.2) is 68.9 Å². The number of hydrogen-bond donors (Lipinski definition) is 4. The van der Waals surface area contributed by atoms with E-state index >= 15 is 0 Å². The first-order chi connectivity index (χ1) is 12.6. The summed E-state index contributed by atoms with van der Waals surface area (Å²) in [5, 5.41) is 53.1. The van der Waals surface area contributed by atoms with E-state index in [1.807, 2.05) is 0 Å². The molecule has 134 valence electrons. The molecule has 8 heteroatoms. The van der Waals surface area contributed by atoms with Gasteiger partial charge in [0.25, 0.3) is 0 Å². The number of phenolic OH excluding ortho intramolecular Hbond substituents is 2. The molecule has 0 aliphatic heterocycles. The predicted octanol–water partition coefficient (Wildman–Crippen LogP) is 1.33. The average molecular weight is 354 g/mol. The molecule has 0 aromatic heterocycles. The zero-order valence-corrected chi connectivity index (χ0v) is 13.7. The molecule has 2 aromatic rings. The van der Waals surface area contributed by atoms with Crippen LogP contribution < -0.4 is 0 Å². The second-order valence-electron chi connectivity index (χ2n) is 5.12. The van der Waals surface area contributed by atoms with Gasteiger partial charge in [0, 0.05) is 11.1 Å². The summed E-state index contributed by atoms with van der Waals surface area (Å²) >= 11 is 0. The van der Waals surface area contributed by atoms with Crippen molar-refractivity contribution in [1.29, 1.82) is 0 Å². The van der Waals surface area contributed by atoms with Gasteiger partial charge in [0.05, 0.1) is 24.9 Å². The van der Waals surface area contributed by atoms with E-state index in [1.54, 1.807) is 36.4 Å². The van der Waals surface area contributed by atoms with Crippen LogP contribution in [-0.4, -0.2) is 57.5 Å². The second kappa shape index (κ2) is 9.82. The van der Waals surface area contributed by atoms with Gasteiger partial charge in [-0.15, -0.1) is 0 Å². The van der Waals surface area contributed by atoms with Gasteiger partial charge in [-0.1, -0.05) is 24.3 Å². The van der Waals surface area contributed by atoms with Crippen molar-refractivity contribution in [3.05, 3.63) is 59.7 Å². The second-order valence-corrected chi connectivity index (χ2v) is 5.12. The zero-order chi connectivity index (χ0) is 18.8. The van der Waals surface area contributed by atoms with Crippen LogP contribution in [0.25, 0.3) is 0 Å². The summed E-state index contributed by atoms with van der Waals surface area (Å²) in [6.07, 6.45) is 2.02. The van der Waals surface area contributed by atoms with Crippen LogP contribution in [0.1, 0.15) is 11.1 Å². The highest BCUT2D eigenvalue weighted by molar-refractivity contribution is 5.84. The summed E-state index contributed by atoms with van der Waals surface area (Å²) in [6.45, 7) is 0. The molecule has 2 aromatic carbocycles. The number of para-hydroxylation sites is 2. The molecule has 8 nitrogen and oxygen atoms in total. The fourth-order valence-electron chi connectivity index (χ4n) is 1.77. The molecule has 0 fully saturated rings. The maximum atomic E-state index is 9.72. The first kappa shape index (κ1) is 19.0. The molecule has 0 bridgehead atoms. The Bertz CT molecular complexity index is 764. The third kappa shape index (κ3) is 5.93. The van der Waals surface area contributed by atoms with Crippen LogP contribution in [0, 0.1) is 0 Å². The number of nitrogens with zero attached hydrogens (tertiary/aromatic N) is 4. The molecule has 4 N–H and O–H groups in total. The van der Waals surface area contributed by atoms with Gasteiger partial charge in [0.2, 0.25) is 0 Å². The molecule has 0 radical (unpaired) electrons.